The summed E-state index contributed by atoms with van der Waals surface area (Å²) in [6.45, 7) is 7.40. The molecule has 0 aliphatic carbocycles. The van der Waals surface area contributed by atoms with Crippen LogP contribution in [-0.4, -0.2) is 21.7 Å². The van der Waals surface area contributed by atoms with Gasteiger partial charge in [-0.15, -0.1) is 0 Å². The maximum absolute atomic E-state index is 4.52. The van der Waals surface area contributed by atoms with E-state index in [4.69, 9.17) is 0 Å². The molecular weight excluding hydrogens is 298 g/mol. The van der Waals surface area contributed by atoms with Crippen LogP contribution < -0.4 is 5.32 Å². The summed E-state index contributed by atoms with van der Waals surface area (Å²) in [4.78, 5) is 4.52. The Hall–Kier alpha value is -0.910. The molecule has 0 bridgehead atoms. The Morgan fingerprint density at radius 3 is 2.48 bits per heavy atom. The monoisotopic (exact) mass is 321 g/mol. The molecule has 0 radical (unpaired) electrons. The standard InChI is InChI=1S/C16H23N3S2/c1-4-12-7-9-13(10-8-12)14(17-6-3)11-20-16-18-15(5-2)19-21-16/h7-10,14,17H,4-6,11H2,1-3H3. The Morgan fingerprint density at radius 2 is 1.90 bits per heavy atom. The van der Waals surface area contributed by atoms with Crippen molar-refractivity contribution in [3.8, 4) is 0 Å². The van der Waals surface area contributed by atoms with Gasteiger partial charge in [0, 0.05) is 18.2 Å². The van der Waals surface area contributed by atoms with Gasteiger partial charge in [0.1, 0.15) is 5.82 Å². The molecule has 1 heterocycles. The SMILES string of the molecule is CCNC(CSc1nc(CC)ns1)c1ccc(CC)cc1. The van der Waals surface area contributed by atoms with Crippen LogP contribution in [0, 0.1) is 0 Å². The lowest BCUT2D eigenvalue weighted by Crippen LogP contribution is -2.22. The van der Waals surface area contributed by atoms with Crippen molar-refractivity contribution < 1.29 is 0 Å². The van der Waals surface area contributed by atoms with E-state index in [1.807, 2.05) is 0 Å². The zero-order chi connectivity index (χ0) is 15.1. The molecule has 0 saturated carbocycles. The number of hydrogen-bond acceptors (Lipinski definition) is 5. The molecule has 0 fully saturated rings. The molecule has 1 atom stereocenters. The van der Waals surface area contributed by atoms with E-state index < -0.39 is 0 Å². The summed E-state index contributed by atoms with van der Waals surface area (Å²) in [5, 5.41) is 3.56. The zero-order valence-electron chi connectivity index (χ0n) is 12.9. The lowest BCUT2D eigenvalue weighted by atomic mass is 10.1. The molecule has 3 nitrogen and oxygen atoms in total. The number of rotatable bonds is 8. The number of nitrogens with one attached hydrogen (secondary N) is 1. The Labute approximate surface area is 135 Å². The van der Waals surface area contributed by atoms with E-state index in [2.05, 4.69) is 59.7 Å². The third kappa shape index (κ3) is 4.80. The van der Waals surface area contributed by atoms with E-state index in [1.54, 1.807) is 11.8 Å². The van der Waals surface area contributed by atoms with Crippen LogP contribution in [0.3, 0.4) is 0 Å². The smallest absolute Gasteiger partial charge is 0.170 e. The largest absolute Gasteiger partial charge is 0.309 e. The first-order chi connectivity index (χ1) is 10.3. The van der Waals surface area contributed by atoms with E-state index in [0.717, 1.165) is 35.3 Å². The van der Waals surface area contributed by atoms with Gasteiger partial charge in [0.25, 0.3) is 0 Å². The molecule has 1 unspecified atom stereocenters. The Kier molecular flexibility index (Phi) is 6.67. The van der Waals surface area contributed by atoms with Crippen molar-refractivity contribution in [2.45, 2.75) is 44.0 Å². The number of benzene rings is 1. The summed E-state index contributed by atoms with van der Waals surface area (Å²) in [6.07, 6.45) is 2.00. The van der Waals surface area contributed by atoms with Crippen LogP contribution in [0.15, 0.2) is 28.6 Å². The van der Waals surface area contributed by atoms with Gasteiger partial charge in [-0.05, 0) is 35.6 Å². The molecule has 1 aromatic heterocycles. The summed E-state index contributed by atoms with van der Waals surface area (Å²) >= 11 is 3.30. The first-order valence-corrected chi connectivity index (χ1v) is 9.30. The molecule has 0 spiro atoms. The van der Waals surface area contributed by atoms with Gasteiger partial charge in [-0.1, -0.05) is 56.8 Å². The van der Waals surface area contributed by atoms with Crippen LogP contribution in [0.2, 0.25) is 0 Å². The molecule has 114 valence electrons. The molecule has 2 aromatic rings. The topological polar surface area (TPSA) is 37.8 Å². The van der Waals surface area contributed by atoms with Crippen molar-refractivity contribution >= 4 is 23.3 Å². The van der Waals surface area contributed by atoms with Gasteiger partial charge in [-0.25, -0.2) is 4.98 Å². The van der Waals surface area contributed by atoms with Crippen LogP contribution in [0.5, 0.6) is 0 Å². The number of hydrogen-bond donors (Lipinski definition) is 1. The lowest BCUT2D eigenvalue weighted by molar-refractivity contribution is 0.605. The molecular formula is C16H23N3S2. The number of aromatic nitrogens is 2. The average molecular weight is 322 g/mol. The molecule has 0 aliphatic rings. The predicted octanol–water partition coefficient (Wildman–Crippen LogP) is 4.11. The van der Waals surface area contributed by atoms with Crippen molar-refractivity contribution in [3.05, 3.63) is 41.2 Å². The fourth-order valence-electron chi connectivity index (χ4n) is 2.10. The van der Waals surface area contributed by atoms with Gasteiger partial charge in [0.05, 0.1) is 0 Å². The molecule has 5 heteroatoms. The summed E-state index contributed by atoms with van der Waals surface area (Å²) in [5.41, 5.74) is 2.74. The van der Waals surface area contributed by atoms with Gasteiger partial charge < -0.3 is 5.32 Å². The number of thioether (sulfide) groups is 1. The highest BCUT2D eigenvalue weighted by Crippen LogP contribution is 2.26. The van der Waals surface area contributed by atoms with Gasteiger partial charge >= 0.3 is 0 Å². The van der Waals surface area contributed by atoms with Crippen LogP contribution in [0.25, 0.3) is 0 Å². The molecule has 0 aliphatic heterocycles. The zero-order valence-corrected chi connectivity index (χ0v) is 14.6. The van der Waals surface area contributed by atoms with Crippen LogP contribution in [-0.2, 0) is 12.8 Å². The number of aryl methyl sites for hydroxylation is 2. The second-order valence-electron chi connectivity index (χ2n) is 4.85. The van der Waals surface area contributed by atoms with Crippen molar-refractivity contribution in [3.63, 3.8) is 0 Å². The minimum absolute atomic E-state index is 0.361. The molecule has 1 N–H and O–H groups in total. The molecule has 2 rings (SSSR count). The fraction of sp³-hybridized carbons (Fsp3) is 0.500. The fourth-order valence-corrected chi connectivity index (χ4v) is 3.92. The minimum atomic E-state index is 0.361. The van der Waals surface area contributed by atoms with Crippen LogP contribution in [0.4, 0.5) is 0 Å². The third-order valence-electron chi connectivity index (χ3n) is 3.38. The maximum atomic E-state index is 4.52. The predicted molar refractivity (Wildman–Crippen MR) is 92.2 cm³/mol. The lowest BCUT2D eigenvalue weighted by Gasteiger charge is -2.17. The van der Waals surface area contributed by atoms with Crippen LogP contribution in [0.1, 0.15) is 43.8 Å². The van der Waals surface area contributed by atoms with Crippen molar-refractivity contribution in [1.82, 2.24) is 14.7 Å². The maximum Gasteiger partial charge on any atom is 0.170 e. The summed E-state index contributed by atoms with van der Waals surface area (Å²) in [6, 6.07) is 9.30. The van der Waals surface area contributed by atoms with E-state index in [-0.39, 0.29) is 0 Å². The highest BCUT2D eigenvalue weighted by atomic mass is 32.2. The molecule has 21 heavy (non-hydrogen) atoms. The highest BCUT2D eigenvalue weighted by molar-refractivity contribution is 8.00. The Balaban J connectivity index is 2.00. The third-order valence-corrected chi connectivity index (χ3v) is 5.34. The van der Waals surface area contributed by atoms with E-state index in [9.17, 15) is 0 Å². The minimum Gasteiger partial charge on any atom is -0.309 e. The summed E-state index contributed by atoms with van der Waals surface area (Å²) in [5.74, 6) is 1.94. The van der Waals surface area contributed by atoms with E-state index in [0.29, 0.717) is 6.04 Å². The summed E-state index contributed by atoms with van der Waals surface area (Å²) in [7, 11) is 0. The van der Waals surface area contributed by atoms with Crippen LogP contribution >= 0.6 is 23.3 Å². The molecule has 0 amide bonds. The van der Waals surface area contributed by atoms with Crippen molar-refractivity contribution in [2.24, 2.45) is 0 Å². The second kappa shape index (κ2) is 8.51. The van der Waals surface area contributed by atoms with Crippen molar-refractivity contribution in [1.29, 1.82) is 0 Å². The second-order valence-corrected chi connectivity index (χ2v) is 6.87. The van der Waals surface area contributed by atoms with Gasteiger partial charge in [0.15, 0.2) is 4.34 Å². The Morgan fingerprint density at radius 1 is 1.14 bits per heavy atom. The first-order valence-electron chi connectivity index (χ1n) is 7.54. The first kappa shape index (κ1) is 16.5. The van der Waals surface area contributed by atoms with Gasteiger partial charge in [-0.3, -0.25) is 0 Å². The molecule has 1 aromatic carbocycles. The molecule has 0 saturated heterocycles. The van der Waals surface area contributed by atoms with Crippen molar-refractivity contribution in [2.75, 3.05) is 12.3 Å². The average Bonchev–Trinajstić information content (AvgIpc) is 2.99. The quantitative estimate of drug-likeness (QED) is 0.743. The van der Waals surface area contributed by atoms with E-state index in [1.165, 1.54) is 22.7 Å². The number of nitrogens with zero attached hydrogens (tertiary/aromatic N) is 2. The van der Waals surface area contributed by atoms with E-state index >= 15 is 0 Å². The van der Waals surface area contributed by atoms with Gasteiger partial charge in [-0.2, -0.15) is 4.37 Å². The van der Waals surface area contributed by atoms with Gasteiger partial charge in [0.2, 0.25) is 0 Å². The normalized spacial score (nSPS) is 12.5. The summed E-state index contributed by atoms with van der Waals surface area (Å²) < 4.78 is 5.41. The highest BCUT2D eigenvalue weighted by Gasteiger charge is 2.12. The Bertz CT molecular complexity index is 537.